The third-order valence-corrected chi connectivity index (χ3v) is 5.57. The number of aromatic nitrogens is 1. The van der Waals surface area contributed by atoms with Gasteiger partial charge in [0.15, 0.2) is 5.11 Å². The van der Waals surface area contributed by atoms with E-state index in [-0.39, 0.29) is 16.6 Å². The number of amides is 2. The third-order valence-electron chi connectivity index (χ3n) is 5.21. The zero-order valence-electron chi connectivity index (χ0n) is 18.9. The molecule has 2 heterocycles. The highest BCUT2D eigenvalue weighted by Crippen LogP contribution is 2.39. The van der Waals surface area contributed by atoms with E-state index in [4.69, 9.17) is 27.3 Å². The summed E-state index contributed by atoms with van der Waals surface area (Å²) in [5.74, 6) is -0.534. The van der Waals surface area contributed by atoms with E-state index in [1.807, 2.05) is 0 Å². The summed E-state index contributed by atoms with van der Waals surface area (Å²) in [4.78, 5) is 31.4. The molecule has 0 radical (unpaired) electrons. The molecule has 3 N–H and O–H groups in total. The van der Waals surface area contributed by atoms with Gasteiger partial charge in [0, 0.05) is 0 Å². The molecule has 0 spiro atoms. The van der Waals surface area contributed by atoms with Gasteiger partial charge >= 0.3 is 12.3 Å². The maximum Gasteiger partial charge on any atom is 0.417 e. The maximum absolute atomic E-state index is 13.5. The Kier molecular flexibility index (Phi) is 7.48. The number of halogens is 3. The second-order valence-electron chi connectivity index (χ2n) is 8.12. The average molecular weight is 523 g/mol. The fourth-order valence-electron chi connectivity index (χ4n) is 3.42. The van der Waals surface area contributed by atoms with Gasteiger partial charge in [-0.3, -0.25) is 15.0 Å². The minimum Gasteiger partial charge on any atom is -0.446 e. The van der Waals surface area contributed by atoms with Gasteiger partial charge in [-0.1, -0.05) is 0 Å². The van der Waals surface area contributed by atoms with Crippen molar-refractivity contribution in [3.05, 3.63) is 47.7 Å². The van der Waals surface area contributed by atoms with Gasteiger partial charge in [0.05, 0.1) is 41.4 Å². The molecule has 1 aromatic carbocycles. The van der Waals surface area contributed by atoms with E-state index in [0.29, 0.717) is 11.8 Å². The Morgan fingerprint density at radius 1 is 1.31 bits per heavy atom. The van der Waals surface area contributed by atoms with Crippen LogP contribution in [0.3, 0.4) is 0 Å². The smallest absolute Gasteiger partial charge is 0.417 e. The number of carbonyl (C=O) groups is 2. The second kappa shape index (κ2) is 10.1. The number of benzene rings is 1. The summed E-state index contributed by atoms with van der Waals surface area (Å²) in [5.41, 5.74) is -2.91. The van der Waals surface area contributed by atoms with Gasteiger partial charge in [0.1, 0.15) is 24.1 Å². The zero-order valence-corrected chi connectivity index (χ0v) is 19.7. The molecule has 1 saturated heterocycles. The molecule has 1 aromatic heterocycles. The first-order valence-corrected chi connectivity index (χ1v) is 10.7. The lowest BCUT2D eigenvalue weighted by Gasteiger charge is -2.29. The first kappa shape index (κ1) is 26.8. The number of ether oxygens (including phenoxy) is 1. The molecule has 2 amide bonds. The van der Waals surface area contributed by atoms with Gasteiger partial charge < -0.3 is 19.8 Å². The van der Waals surface area contributed by atoms with E-state index in [9.17, 15) is 27.9 Å². The number of nitriles is 1. The molecule has 0 bridgehead atoms. The van der Waals surface area contributed by atoms with Crippen molar-refractivity contribution in [2.45, 2.75) is 31.7 Å². The number of hydrogen-bond acceptors (Lipinski definition) is 8. The lowest BCUT2D eigenvalue weighted by molar-refractivity contribution is -0.137. The molecule has 0 saturated carbocycles. The molecule has 2 aromatic rings. The average Bonchev–Trinajstić information content (AvgIpc) is 3.00. The van der Waals surface area contributed by atoms with Crippen LogP contribution in [0.1, 0.15) is 25.0 Å². The van der Waals surface area contributed by atoms with Gasteiger partial charge in [0.25, 0.3) is 5.91 Å². The Bertz CT molecular complexity index is 1230. The van der Waals surface area contributed by atoms with E-state index in [1.165, 1.54) is 49.2 Å². The van der Waals surface area contributed by atoms with Crippen LogP contribution in [0.5, 0.6) is 0 Å². The number of hydrogen-bond donors (Lipinski definition) is 3. The van der Waals surface area contributed by atoms with Crippen LogP contribution in [0.2, 0.25) is 0 Å². The maximum atomic E-state index is 13.5. The molecule has 1 unspecified atom stereocenters. The fourth-order valence-corrected chi connectivity index (χ4v) is 3.94. The number of pyridine rings is 1. The van der Waals surface area contributed by atoms with Crippen molar-refractivity contribution < 1.29 is 37.7 Å². The lowest BCUT2D eigenvalue weighted by Crippen LogP contribution is -2.44. The van der Waals surface area contributed by atoms with E-state index in [2.05, 4.69) is 10.3 Å². The van der Waals surface area contributed by atoms with E-state index < -0.39 is 54.2 Å². The van der Waals surface area contributed by atoms with Crippen molar-refractivity contribution in [2.24, 2.45) is 0 Å². The number of aliphatic hydroxyl groups is 2. The molecule has 0 aliphatic carbocycles. The molecule has 1 fully saturated rings. The number of anilines is 3. The Hall–Kier alpha value is -3.80. The van der Waals surface area contributed by atoms with Gasteiger partial charge in [-0.05, 0) is 56.4 Å². The molecule has 1 atom stereocenters. The summed E-state index contributed by atoms with van der Waals surface area (Å²) in [7, 11) is 0. The zero-order chi connectivity index (χ0) is 26.8. The molecular formula is C22H20F3N5O5S. The Labute approximate surface area is 208 Å². The summed E-state index contributed by atoms with van der Waals surface area (Å²) in [6, 6.07) is 7.24. The second-order valence-corrected chi connectivity index (χ2v) is 8.48. The summed E-state index contributed by atoms with van der Waals surface area (Å²) in [6.07, 6.45) is -5.68. The third kappa shape index (κ3) is 5.23. The highest BCUT2D eigenvalue weighted by atomic mass is 32.1. The van der Waals surface area contributed by atoms with Crippen molar-refractivity contribution in [1.29, 1.82) is 5.26 Å². The summed E-state index contributed by atoms with van der Waals surface area (Å²) >= 11 is 5.45. The van der Waals surface area contributed by atoms with Gasteiger partial charge in [-0.15, -0.1) is 0 Å². The monoisotopic (exact) mass is 523 g/mol. The quantitative estimate of drug-likeness (QED) is 0.488. The van der Waals surface area contributed by atoms with Crippen molar-refractivity contribution in [2.75, 3.05) is 28.3 Å². The first-order valence-electron chi connectivity index (χ1n) is 10.3. The van der Waals surface area contributed by atoms with Crippen LogP contribution in [0, 0.1) is 11.3 Å². The lowest BCUT2D eigenvalue weighted by atomic mass is 10.0. The molecule has 36 heavy (non-hydrogen) atoms. The molecule has 14 heteroatoms. The van der Waals surface area contributed by atoms with E-state index >= 15 is 0 Å². The number of nitrogens with one attached hydrogen (secondary N) is 1. The Morgan fingerprint density at radius 2 is 1.97 bits per heavy atom. The highest BCUT2D eigenvalue weighted by Gasteiger charge is 2.50. The minimum atomic E-state index is -4.81. The highest BCUT2D eigenvalue weighted by molar-refractivity contribution is 7.81. The minimum absolute atomic E-state index is 0.0650. The topological polar surface area (TPSA) is 139 Å². The van der Waals surface area contributed by atoms with Crippen LogP contribution >= 0.6 is 12.2 Å². The van der Waals surface area contributed by atoms with Crippen LogP contribution in [0.4, 0.5) is 35.2 Å². The predicted octanol–water partition coefficient (Wildman–Crippen LogP) is 2.79. The normalized spacial score (nSPS) is 16.1. The molecule has 3 rings (SSSR count). The molecular weight excluding hydrogens is 503 g/mol. The van der Waals surface area contributed by atoms with Crippen LogP contribution in [0.15, 0.2) is 36.5 Å². The van der Waals surface area contributed by atoms with Gasteiger partial charge in [0.2, 0.25) is 0 Å². The number of thiocarbonyl (C=S) groups is 1. The molecule has 1 aliphatic heterocycles. The standard InChI is InChI=1S/C22H20F3N5O5S/c1-21(2)18(33)29(13-4-3-12(8-26)16(7-13)22(23,24)25)20(36)30(21)14-5-6-17(27-9-14)28-19(34)35-11-15(32)10-31/h3-7,9,15,31-32H,10-11H2,1-2H3,(H,27,28,34). The van der Waals surface area contributed by atoms with Crippen molar-refractivity contribution in [3.63, 3.8) is 0 Å². The number of carbonyl (C=O) groups excluding carboxylic acids is 2. The number of rotatable bonds is 6. The van der Waals surface area contributed by atoms with Gasteiger partial charge in [-0.25, -0.2) is 9.78 Å². The first-order chi connectivity index (χ1) is 16.8. The number of aliphatic hydroxyl groups excluding tert-OH is 2. The van der Waals surface area contributed by atoms with Crippen LogP contribution < -0.4 is 15.1 Å². The Balaban J connectivity index is 1.87. The van der Waals surface area contributed by atoms with Crippen LogP contribution in [-0.4, -0.2) is 57.2 Å². The summed E-state index contributed by atoms with van der Waals surface area (Å²) in [6.45, 7) is 2.05. The van der Waals surface area contributed by atoms with Crippen LogP contribution in [0.25, 0.3) is 0 Å². The van der Waals surface area contributed by atoms with Crippen molar-refractivity contribution in [1.82, 2.24) is 4.98 Å². The number of nitrogens with zero attached hydrogens (tertiary/aromatic N) is 4. The molecule has 1 aliphatic rings. The summed E-state index contributed by atoms with van der Waals surface area (Å²) in [5, 5.41) is 29.2. The van der Waals surface area contributed by atoms with Crippen molar-refractivity contribution >= 4 is 46.5 Å². The summed E-state index contributed by atoms with van der Waals surface area (Å²) < 4.78 is 45.1. The van der Waals surface area contributed by atoms with Crippen molar-refractivity contribution in [3.8, 4) is 6.07 Å². The Morgan fingerprint density at radius 3 is 2.53 bits per heavy atom. The SMILES string of the molecule is CC1(C)C(=O)N(c2ccc(C#N)c(C(F)(F)F)c2)C(=S)N1c1ccc(NC(=O)OCC(O)CO)nc1. The van der Waals surface area contributed by atoms with Crippen LogP contribution in [-0.2, 0) is 15.7 Å². The largest absolute Gasteiger partial charge is 0.446 e. The van der Waals surface area contributed by atoms with Gasteiger partial charge in [-0.2, -0.15) is 18.4 Å². The molecule has 190 valence electrons. The predicted molar refractivity (Wildman–Crippen MR) is 125 cm³/mol. The molecule has 10 nitrogen and oxygen atoms in total. The fraction of sp³-hybridized carbons (Fsp3) is 0.318. The number of alkyl halides is 3. The van der Waals surface area contributed by atoms with E-state index in [0.717, 1.165) is 11.0 Å². The van der Waals surface area contributed by atoms with E-state index in [1.54, 1.807) is 0 Å².